The van der Waals surface area contributed by atoms with Crippen molar-refractivity contribution < 1.29 is 9.53 Å². The summed E-state index contributed by atoms with van der Waals surface area (Å²) in [5.41, 5.74) is 2.18. The molecule has 1 N–H and O–H groups in total. The number of likely N-dealkylation sites (tertiary alicyclic amines) is 1. The molecular formula is C26H31N3O3. The van der Waals surface area contributed by atoms with Crippen LogP contribution in [0.2, 0.25) is 0 Å². The number of nitrogens with zero attached hydrogens (tertiary/aromatic N) is 2. The van der Waals surface area contributed by atoms with Crippen LogP contribution in [0.4, 0.5) is 0 Å². The fourth-order valence-corrected chi connectivity index (χ4v) is 6.84. The summed E-state index contributed by atoms with van der Waals surface area (Å²) in [4.78, 5) is 34.8. The predicted molar refractivity (Wildman–Crippen MR) is 124 cm³/mol. The summed E-state index contributed by atoms with van der Waals surface area (Å²) in [5, 5.41) is 0.530. The summed E-state index contributed by atoms with van der Waals surface area (Å²) < 4.78 is 5.26. The zero-order valence-corrected chi connectivity index (χ0v) is 18.7. The Hall–Kier alpha value is -2.60. The van der Waals surface area contributed by atoms with Crippen LogP contribution < -0.4 is 10.2 Å². The van der Waals surface area contributed by atoms with Gasteiger partial charge in [-0.15, -0.1) is 0 Å². The van der Waals surface area contributed by atoms with Crippen LogP contribution in [0.1, 0.15) is 48.9 Å². The molecule has 1 aromatic carbocycles. The Morgan fingerprint density at radius 1 is 1.19 bits per heavy atom. The van der Waals surface area contributed by atoms with E-state index in [1.54, 1.807) is 31.5 Å². The first-order chi connectivity index (χ1) is 15.6. The third-order valence-corrected chi connectivity index (χ3v) is 8.24. The van der Waals surface area contributed by atoms with Crippen molar-refractivity contribution in [2.75, 3.05) is 26.7 Å². The SMILES string of the molecule is COc1ccc2c(=O)c(C(=O)N3CCCC4=C[C@H]5C[C@H](CN6CCCCC56)C43)c[nH]c2c1. The van der Waals surface area contributed by atoms with Gasteiger partial charge in [-0.2, -0.15) is 0 Å². The first kappa shape index (κ1) is 20.0. The first-order valence-electron chi connectivity index (χ1n) is 12.1. The summed E-state index contributed by atoms with van der Waals surface area (Å²) in [6.07, 6.45) is 11.3. The number of methoxy groups -OCH3 is 1. The van der Waals surface area contributed by atoms with Crippen molar-refractivity contribution in [3.63, 3.8) is 0 Å². The molecule has 3 aliphatic heterocycles. The maximum absolute atomic E-state index is 13.7. The van der Waals surface area contributed by atoms with Crippen LogP contribution in [0.5, 0.6) is 5.75 Å². The van der Waals surface area contributed by atoms with E-state index in [9.17, 15) is 9.59 Å². The molecule has 1 aromatic heterocycles. The molecule has 0 saturated carbocycles. The molecule has 168 valence electrons. The third kappa shape index (κ3) is 3.11. The van der Waals surface area contributed by atoms with E-state index < -0.39 is 0 Å². The lowest BCUT2D eigenvalue weighted by atomic mass is 9.68. The van der Waals surface area contributed by atoms with Gasteiger partial charge in [-0.1, -0.05) is 18.1 Å². The standard InChI is InChI=1S/C26H31N3O3/c1-32-19-7-8-20-22(13-19)27-14-21(25(20)30)26(31)29-10-4-5-16-11-17-12-18(24(16)29)15-28-9-3-2-6-23(17)28/h7-8,11,13-14,17-18,23-24H,2-6,9-10,12,15H2,1H3,(H,27,30)/t17-,18+,23?,24?/m0/s1. The van der Waals surface area contributed by atoms with Gasteiger partial charge >= 0.3 is 0 Å². The highest BCUT2D eigenvalue weighted by molar-refractivity contribution is 5.97. The maximum Gasteiger partial charge on any atom is 0.259 e. The number of fused-ring (bicyclic) bond motifs is 7. The average Bonchev–Trinajstić information content (AvgIpc) is 2.83. The number of H-pyrrole nitrogens is 1. The molecule has 3 saturated heterocycles. The van der Waals surface area contributed by atoms with Gasteiger partial charge < -0.3 is 14.6 Å². The van der Waals surface area contributed by atoms with Gasteiger partial charge in [-0.25, -0.2) is 0 Å². The zero-order valence-electron chi connectivity index (χ0n) is 18.7. The second-order valence-electron chi connectivity index (χ2n) is 9.95. The number of rotatable bonds is 2. The fourth-order valence-electron chi connectivity index (χ4n) is 6.84. The van der Waals surface area contributed by atoms with Gasteiger partial charge in [0.25, 0.3) is 5.91 Å². The number of carbonyl (C=O) groups is 1. The molecule has 32 heavy (non-hydrogen) atoms. The number of aromatic amines is 1. The molecule has 4 atom stereocenters. The van der Waals surface area contributed by atoms with Crippen LogP contribution >= 0.6 is 0 Å². The van der Waals surface area contributed by atoms with Gasteiger partial charge in [0.1, 0.15) is 11.3 Å². The predicted octanol–water partition coefficient (Wildman–Crippen LogP) is 3.57. The number of carbonyl (C=O) groups excluding carboxylic acids is 1. The summed E-state index contributed by atoms with van der Waals surface area (Å²) in [7, 11) is 1.60. The molecule has 6 nitrogen and oxygen atoms in total. The molecule has 3 fully saturated rings. The van der Waals surface area contributed by atoms with E-state index in [4.69, 9.17) is 4.74 Å². The Balaban J connectivity index is 1.35. The third-order valence-electron chi connectivity index (χ3n) is 8.24. The van der Waals surface area contributed by atoms with Crippen LogP contribution in [-0.2, 0) is 0 Å². The second kappa shape index (κ2) is 7.77. The fraction of sp³-hybridized carbons (Fsp3) is 0.538. The van der Waals surface area contributed by atoms with Gasteiger partial charge in [-0.3, -0.25) is 14.5 Å². The van der Waals surface area contributed by atoms with Crippen molar-refractivity contribution in [1.29, 1.82) is 0 Å². The Labute approximate surface area is 188 Å². The Morgan fingerprint density at radius 3 is 2.97 bits per heavy atom. The molecule has 2 unspecified atom stereocenters. The number of amides is 1. The van der Waals surface area contributed by atoms with E-state index in [-0.39, 0.29) is 22.9 Å². The molecule has 2 bridgehead atoms. The van der Waals surface area contributed by atoms with Crippen molar-refractivity contribution in [1.82, 2.24) is 14.8 Å². The number of hydrogen-bond acceptors (Lipinski definition) is 4. The van der Waals surface area contributed by atoms with Crippen LogP contribution in [0.25, 0.3) is 10.9 Å². The van der Waals surface area contributed by atoms with Crippen LogP contribution in [0.3, 0.4) is 0 Å². The van der Waals surface area contributed by atoms with E-state index in [1.165, 1.54) is 37.8 Å². The Kier molecular flexibility index (Phi) is 4.86. The largest absolute Gasteiger partial charge is 0.497 e. The van der Waals surface area contributed by atoms with Gasteiger partial charge in [0.05, 0.1) is 18.7 Å². The molecule has 1 aliphatic carbocycles. The topological polar surface area (TPSA) is 65.6 Å². The highest BCUT2D eigenvalue weighted by atomic mass is 16.5. The summed E-state index contributed by atoms with van der Waals surface area (Å²) >= 11 is 0. The Bertz CT molecular complexity index is 1150. The molecule has 2 aromatic rings. The van der Waals surface area contributed by atoms with Crippen molar-refractivity contribution >= 4 is 16.8 Å². The molecular weight excluding hydrogens is 402 g/mol. The first-order valence-corrected chi connectivity index (χ1v) is 12.1. The Morgan fingerprint density at radius 2 is 2.09 bits per heavy atom. The lowest BCUT2D eigenvalue weighted by Crippen LogP contribution is -2.60. The minimum atomic E-state index is -0.198. The van der Waals surface area contributed by atoms with E-state index in [1.807, 2.05) is 4.90 Å². The van der Waals surface area contributed by atoms with Gasteiger partial charge in [0, 0.05) is 36.8 Å². The van der Waals surface area contributed by atoms with Crippen LogP contribution in [0, 0.1) is 11.8 Å². The van der Waals surface area contributed by atoms with Gasteiger partial charge in [-0.05, 0) is 62.6 Å². The minimum absolute atomic E-state index is 0.126. The van der Waals surface area contributed by atoms with Gasteiger partial charge in [0.15, 0.2) is 0 Å². The number of benzene rings is 1. The molecule has 4 heterocycles. The lowest BCUT2D eigenvalue weighted by molar-refractivity contribution is 0.00143. The van der Waals surface area contributed by atoms with E-state index in [0.717, 1.165) is 25.9 Å². The van der Waals surface area contributed by atoms with Crippen molar-refractivity contribution in [3.8, 4) is 5.75 Å². The van der Waals surface area contributed by atoms with Crippen molar-refractivity contribution in [2.45, 2.75) is 50.6 Å². The number of nitrogens with one attached hydrogen (secondary N) is 1. The number of pyridine rings is 1. The number of hydrogen-bond donors (Lipinski definition) is 1. The molecule has 6 heteroatoms. The van der Waals surface area contributed by atoms with E-state index >= 15 is 0 Å². The van der Waals surface area contributed by atoms with E-state index in [0.29, 0.717) is 34.5 Å². The molecule has 1 amide bonds. The number of ether oxygens (including phenoxy) is 1. The normalized spacial score (nSPS) is 29.8. The number of piperidine rings is 3. The molecule has 0 radical (unpaired) electrons. The highest BCUT2D eigenvalue weighted by Gasteiger charge is 2.47. The maximum atomic E-state index is 13.7. The quantitative estimate of drug-likeness (QED) is 0.736. The monoisotopic (exact) mass is 433 g/mol. The summed E-state index contributed by atoms with van der Waals surface area (Å²) in [6.45, 7) is 3.00. The molecule has 0 spiro atoms. The minimum Gasteiger partial charge on any atom is -0.497 e. The van der Waals surface area contributed by atoms with E-state index in [2.05, 4.69) is 16.0 Å². The second-order valence-corrected chi connectivity index (χ2v) is 9.95. The zero-order chi connectivity index (χ0) is 21.8. The molecule has 4 aliphatic rings. The smallest absolute Gasteiger partial charge is 0.259 e. The lowest BCUT2D eigenvalue weighted by Gasteiger charge is -2.54. The van der Waals surface area contributed by atoms with Crippen molar-refractivity contribution in [3.05, 3.63) is 51.8 Å². The van der Waals surface area contributed by atoms with Crippen LogP contribution in [-0.4, -0.2) is 59.5 Å². The average molecular weight is 434 g/mol. The summed E-state index contributed by atoms with van der Waals surface area (Å²) in [5.74, 6) is 1.67. The summed E-state index contributed by atoms with van der Waals surface area (Å²) in [6, 6.07) is 6.15. The van der Waals surface area contributed by atoms with Crippen LogP contribution in [0.15, 0.2) is 40.8 Å². The number of aromatic nitrogens is 1. The molecule has 6 rings (SSSR count). The highest BCUT2D eigenvalue weighted by Crippen LogP contribution is 2.45. The van der Waals surface area contributed by atoms with Gasteiger partial charge in [0.2, 0.25) is 5.43 Å². The van der Waals surface area contributed by atoms with Crippen molar-refractivity contribution in [2.24, 2.45) is 11.8 Å².